The average Bonchev–Trinajstić information content (AvgIpc) is 3.33. The molecule has 1 N–H and O–H groups in total. The molecule has 176 valence electrons. The van der Waals surface area contributed by atoms with Gasteiger partial charge in [0.1, 0.15) is 0 Å². The monoisotopic (exact) mass is 483 g/mol. The lowest BCUT2D eigenvalue weighted by Gasteiger charge is -2.25. The molecule has 1 aliphatic heterocycles. The van der Waals surface area contributed by atoms with Crippen LogP contribution in [0.3, 0.4) is 0 Å². The first-order chi connectivity index (χ1) is 16.8. The van der Waals surface area contributed by atoms with E-state index < -0.39 is 6.04 Å². The van der Waals surface area contributed by atoms with Crippen molar-refractivity contribution in [3.05, 3.63) is 114 Å². The molecule has 4 aromatic rings. The van der Waals surface area contributed by atoms with Gasteiger partial charge in [-0.15, -0.1) is 0 Å². The summed E-state index contributed by atoms with van der Waals surface area (Å²) in [5.74, 6) is -0.271. The third-order valence-electron chi connectivity index (χ3n) is 6.33. The van der Waals surface area contributed by atoms with E-state index in [2.05, 4.69) is 10.4 Å². The second kappa shape index (κ2) is 8.96. The topological polar surface area (TPSA) is 81.3 Å². The van der Waals surface area contributed by atoms with Gasteiger partial charge in [0.25, 0.3) is 11.5 Å². The highest BCUT2D eigenvalue weighted by atomic mass is 32.1. The van der Waals surface area contributed by atoms with Crippen molar-refractivity contribution in [1.29, 1.82) is 0 Å². The highest BCUT2D eigenvalue weighted by Crippen LogP contribution is 2.31. The molecule has 1 unspecified atom stereocenters. The number of para-hydroxylation sites is 1. The number of aryl methyl sites for hydroxylation is 2. The maximum Gasteiger partial charge on any atom is 0.271 e. The Morgan fingerprint density at radius 1 is 1.06 bits per heavy atom. The van der Waals surface area contributed by atoms with Gasteiger partial charge >= 0.3 is 0 Å². The standard InChI is InChI=1S/C27H25N5O2S/c1-16-10-8-9-13-21(16)30-25(33)23-17(2)29-27-32(24(23)19-11-6-5-7-12-19)26(34)22(35-27)14-20-15-28-31(4)18(20)3/h5-15,24H,1-4H3,(H,30,33)/b22-14-. The number of benzene rings is 2. The first kappa shape index (κ1) is 22.7. The van der Waals surface area contributed by atoms with Crippen molar-refractivity contribution in [3.63, 3.8) is 0 Å². The van der Waals surface area contributed by atoms with Crippen LogP contribution in [0, 0.1) is 13.8 Å². The number of nitrogens with zero attached hydrogens (tertiary/aromatic N) is 4. The lowest BCUT2D eigenvalue weighted by Crippen LogP contribution is -2.40. The zero-order valence-electron chi connectivity index (χ0n) is 19.9. The summed E-state index contributed by atoms with van der Waals surface area (Å²) in [7, 11) is 1.87. The van der Waals surface area contributed by atoms with Crippen LogP contribution in [-0.2, 0) is 11.8 Å². The Hall–Kier alpha value is -4.04. The molecule has 8 heteroatoms. The Kier molecular flexibility index (Phi) is 5.82. The van der Waals surface area contributed by atoms with E-state index in [9.17, 15) is 9.59 Å². The Labute approximate surface area is 206 Å². The van der Waals surface area contributed by atoms with Crippen LogP contribution in [-0.4, -0.2) is 20.3 Å². The van der Waals surface area contributed by atoms with Crippen LogP contribution in [0.4, 0.5) is 5.69 Å². The lowest BCUT2D eigenvalue weighted by molar-refractivity contribution is -0.113. The fraction of sp³-hybridized carbons (Fsp3) is 0.185. The Bertz CT molecular complexity index is 1660. The number of nitrogens with one attached hydrogen (secondary N) is 1. The number of amides is 1. The van der Waals surface area contributed by atoms with Gasteiger partial charge in [-0.3, -0.25) is 18.8 Å². The molecule has 2 aromatic carbocycles. The maximum atomic E-state index is 13.7. The van der Waals surface area contributed by atoms with Crippen molar-refractivity contribution in [2.45, 2.75) is 26.8 Å². The summed E-state index contributed by atoms with van der Waals surface area (Å²) in [6, 6.07) is 16.7. The largest absolute Gasteiger partial charge is 0.322 e. The normalized spacial score (nSPS) is 15.7. The minimum absolute atomic E-state index is 0.181. The molecule has 0 saturated carbocycles. The average molecular weight is 484 g/mol. The first-order valence-corrected chi connectivity index (χ1v) is 12.1. The second-order valence-electron chi connectivity index (χ2n) is 8.57. The summed E-state index contributed by atoms with van der Waals surface area (Å²) >= 11 is 1.32. The van der Waals surface area contributed by atoms with Crippen LogP contribution in [0.5, 0.6) is 0 Å². The van der Waals surface area contributed by atoms with Crippen molar-refractivity contribution in [2.75, 3.05) is 5.32 Å². The number of carbonyl (C=O) groups excluding carboxylic acids is 1. The number of rotatable bonds is 4. The number of anilines is 1. The predicted octanol–water partition coefficient (Wildman–Crippen LogP) is 3.22. The van der Waals surface area contributed by atoms with E-state index in [0.29, 0.717) is 20.6 Å². The Morgan fingerprint density at radius 3 is 2.46 bits per heavy atom. The number of carbonyl (C=O) groups is 1. The van der Waals surface area contributed by atoms with Gasteiger partial charge in [0.15, 0.2) is 4.80 Å². The fourth-order valence-electron chi connectivity index (χ4n) is 4.26. The van der Waals surface area contributed by atoms with Crippen LogP contribution in [0.2, 0.25) is 0 Å². The van der Waals surface area contributed by atoms with E-state index in [1.54, 1.807) is 15.4 Å². The van der Waals surface area contributed by atoms with Crippen molar-refractivity contribution < 1.29 is 4.79 Å². The van der Waals surface area contributed by atoms with E-state index in [-0.39, 0.29) is 11.5 Å². The van der Waals surface area contributed by atoms with Crippen LogP contribution in [0.15, 0.2) is 81.9 Å². The van der Waals surface area contributed by atoms with E-state index in [1.807, 2.05) is 88.5 Å². The first-order valence-electron chi connectivity index (χ1n) is 11.3. The molecular formula is C27H25N5O2S. The smallest absolute Gasteiger partial charge is 0.271 e. The fourth-order valence-corrected chi connectivity index (χ4v) is 5.30. The lowest BCUT2D eigenvalue weighted by atomic mass is 9.95. The summed E-state index contributed by atoms with van der Waals surface area (Å²) in [4.78, 5) is 32.6. The van der Waals surface area contributed by atoms with E-state index in [4.69, 9.17) is 4.99 Å². The van der Waals surface area contributed by atoms with Crippen LogP contribution >= 0.6 is 11.3 Å². The van der Waals surface area contributed by atoms with Gasteiger partial charge in [-0.2, -0.15) is 5.10 Å². The van der Waals surface area contributed by atoms with Crippen LogP contribution < -0.4 is 20.2 Å². The molecule has 35 heavy (non-hydrogen) atoms. The molecule has 0 bridgehead atoms. The summed E-state index contributed by atoms with van der Waals surface area (Å²) in [5.41, 5.74) is 5.24. The summed E-state index contributed by atoms with van der Waals surface area (Å²) in [6.07, 6.45) is 3.59. The zero-order chi connectivity index (χ0) is 24.7. The van der Waals surface area contributed by atoms with Crippen LogP contribution in [0.25, 0.3) is 6.08 Å². The molecule has 1 atom stereocenters. The highest BCUT2D eigenvalue weighted by Gasteiger charge is 2.32. The quantitative estimate of drug-likeness (QED) is 0.484. The van der Waals surface area contributed by atoms with E-state index >= 15 is 0 Å². The van der Waals surface area contributed by atoms with Crippen molar-refractivity contribution in [1.82, 2.24) is 14.3 Å². The molecule has 0 aliphatic carbocycles. The third kappa shape index (κ3) is 4.06. The molecule has 0 radical (unpaired) electrons. The summed E-state index contributed by atoms with van der Waals surface area (Å²) < 4.78 is 3.96. The molecule has 1 amide bonds. The van der Waals surface area contributed by atoms with Crippen molar-refractivity contribution in [3.8, 4) is 0 Å². The number of allylic oxidation sites excluding steroid dienone is 1. The summed E-state index contributed by atoms with van der Waals surface area (Å²) in [5, 5.41) is 7.31. The molecule has 0 spiro atoms. The van der Waals surface area contributed by atoms with Gasteiger partial charge in [-0.25, -0.2) is 4.99 Å². The third-order valence-corrected chi connectivity index (χ3v) is 7.32. The number of aromatic nitrogens is 3. The highest BCUT2D eigenvalue weighted by molar-refractivity contribution is 7.07. The molecular weight excluding hydrogens is 458 g/mol. The van der Waals surface area contributed by atoms with Gasteiger partial charge in [0.05, 0.1) is 28.0 Å². The predicted molar refractivity (Wildman–Crippen MR) is 138 cm³/mol. The van der Waals surface area contributed by atoms with E-state index in [0.717, 1.165) is 28.1 Å². The molecule has 0 saturated heterocycles. The van der Waals surface area contributed by atoms with Gasteiger partial charge in [-0.1, -0.05) is 59.9 Å². The minimum Gasteiger partial charge on any atom is -0.322 e. The number of hydrogen-bond donors (Lipinski definition) is 1. The molecule has 1 aliphatic rings. The molecule has 0 fully saturated rings. The Morgan fingerprint density at radius 2 is 1.77 bits per heavy atom. The van der Waals surface area contributed by atoms with Crippen molar-refractivity contribution in [2.24, 2.45) is 12.0 Å². The number of fused-ring (bicyclic) bond motifs is 1. The van der Waals surface area contributed by atoms with Gasteiger partial charge < -0.3 is 5.32 Å². The molecule has 3 heterocycles. The van der Waals surface area contributed by atoms with E-state index in [1.165, 1.54) is 11.3 Å². The van der Waals surface area contributed by atoms with Gasteiger partial charge in [-0.05, 0) is 44.0 Å². The second-order valence-corrected chi connectivity index (χ2v) is 9.58. The SMILES string of the molecule is CC1=C(C(=O)Nc2ccccc2C)C(c2ccccc2)n2c(s/c(=C\c3cnn(C)c3C)c2=O)=N1. The van der Waals surface area contributed by atoms with Gasteiger partial charge in [0.2, 0.25) is 0 Å². The maximum absolute atomic E-state index is 13.7. The van der Waals surface area contributed by atoms with Gasteiger partial charge in [0, 0.05) is 24.0 Å². The molecule has 5 rings (SSSR count). The zero-order valence-corrected chi connectivity index (χ0v) is 20.8. The number of thiazole rings is 1. The molecule has 7 nitrogen and oxygen atoms in total. The Balaban J connectivity index is 1.68. The number of hydrogen-bond acceptors (Lipinski definition) is 5. The van der Waals surface area contributed by atoms with Crippen LogP contribution in [0.1, 0.15) is 35.3 Å². The minimum atomic E-state index is -0.589. The van der Waals surface area contributed by atoms with Crippen molar-refractivity contribution >= 4 is 29.0 Å². The summed E-state index contributed by atoms with van der Waals surface area (Å²) in [6.45, 7) is 5.73. The molecule has 2 aromatic heterocycles.